The number of nitrogens with zero attached hydrogens (tertiary/aromatic N) is 2. The Bertz CT molecular complexity index is 1330. The highest BCUT2D eigenvalue weighted by Crippen LogP contribution is 2.39. The highest BCUT2D eigenvalue weighted by molar-refractivity contribution is 6.37. The van der Waals surface area contributed by atoms with Gasteiger partial charge in [-0.15, -0.1) is 0 Å². The molecule has 4 N–H and O–H groups in total. The van der Waals surface area contributed by atoms with Crippen molar-refractivity contribution in [2.24, 2.45) is 0 Å². The van der Waals surface area contributed by atoms with Crippen LogP contribution in [0.3, 0.4) is 0 Å². The quantitative estimate of drug-likeness (QED) is 0.415. The Morgan fingerprint density at radius 3 is 2.53 bits per heavy atom. The number of aromatic hydroxyl groups is 1. The van der Waals surface area contributed by atoms with Crippen molar-refractivity contribution in [2.45, 2.75) is 37.8 Å². The van der Waals surface area contributed by atoms with E-state index in [2.05, 4.69) is 15.4 Å². The molecule has 34 heavy (non-hydrogen) atoms. The number of benzene rings is 2. The molecule has 0 saturated heterocycles. The maximum absolute atomic E-state index is 12.7. The smallest absolute Gasteiger partial charge is 0.349 e. The number of phenols is 1. The number of rotatable bonds is 5. The van der Waals surface area contributed by atoms with Crippen molar-refractivity contribution in [2.75, 3.05) is 0 Å². The first kappa shape index (κ1) is 23.8. The molecule has 2 atom stereocenters. The van der Waals surface area contributed by atoms with Gasteiger partial charge in [0, 0.05) is 0 Å². The van der Waals surface area contributed by atoms with Crippen LogP contribution in [0.25, 0.3) is 5.69 Å². The molecule has 1 heterocycles. The second-order valence-electron chi connectivity index (χ2n) is 7.80. The number of aromatic amines is 1. The second kappa shape index (κ2) is 9.88. The average molecular weight is 507 g/mol. The van der Waals surface area contributed by atoms with E-state index < -0.39 is 29.3 Å². The van der Waals surface area contributed by atoms with Crippen LogP contribution in [0.1, 0.15) is 36.0 Å². The van der Waals surface area contributed by atoms with Crippen LogP contribution in [0.15, 0.2) is 46.1 Å². The van der Waals surface area contributed by atoms with Crippen LogP contribution in [0.2, 0.25) is 10.0 Å². The van der Waals surface area contributed by atoms with Gasteiger partial charge >= 0.3 is 5.69 Å². The summed E-state index contributed by atoms with van der Waals surface area (Å²) in [6, 6.07) is 6.39. The third kappa shape index (κ3) is 5.09. The molecular weight excluding hydrogens is 487 g/mol. The van der Waals surface area contributed by atoms with Crippen molar-refractivity contribution >= 4 is 29.1 Å². The van der Waals surface area contributed by atoms with E-state index in [1.807, 2.05) is 0 Å². The Balaban J connectivity index is 1.58. The Labute approximate surface area is 202 Å². The summed E-state index contributed by atoms with van der Waals surface area (Å²) in [5.74, 6) is -0.594. The Morgan fingerprint density at radius 2 is 1.85 bits per heavy atom. The maximum Gasteiger partial charge on any atom is 0.349 e. The van der Waals surface area contributed by atoms with Gasteiger partial charge in [-0.2, -0.15) is 9.78 Å². The predicted molar refractivity (Wildman–Crippen MR) is 124 cm³/mol. The second-order valence-corrected chi connectivity index (χ2v) is 8.62. The van der Waals surface area contributed by atoms with E-state index in [0.717, 1.165) is 23.7 Å². The lowest BCUT2D eigenvalue weighted by atomic mass is 9.92. The number of aromatic nitrogens is 3. The highest BCUT2D eigenvalue weighted by Gasteiger charge is 2.26. The lowest BCUT2D eigenvalue weighted by molar-refractivity contribution is 0.0715. The number of hydrogen-bond donors (Lipinski definition) is 4. The molecule has 0 bridgehead atoms. The first-order valence-corrected chi connectivity index (χ1v) is 11.2. The molecule has 0 unspecified atom stereocenters. The van der Waals surface area contributed by atoms with Crippen LogP contribution in [0, 0.1) is 0 Å². The Morgan fingerprint density at radius 1 is 1.15 bits per heavy atom. The number of ether oxygens (including phenoxy) is 1. The number of amides is 1. The summed E-state index contributed by atoms with van der Waals surface area (Å²) in [7, 11) is 0. The minimum absolute atomic E-state index is 0.0341. The minimum atomic E-state index is -0.773. The van der Waals surface area contributed by atoms with Crippen molar-refractivity contribution < 1.29 is 19.7 Å². The third-order valence-electron chi connectivity index (χ3n) is 5.42. The van der Waals surface area contributed by atoms with Gasteiger partial charge in [-0.1, -0.05) is 36.0 Å². The van der Waals surface area contributed by atoms with E-state index in [-0.39, 0.29) is 38.5 Å². The summed E-state index contributed by atoms with van der Waals surface area (Å²) < 4.78 is 6.68. The highest BCUT2D eigenvalue weighted by atomic mass is 35.5. The summed E-state index contributed by atoms with van der Waals surface area (Å²) >= 11 is 12.6. The number of aliphatic hydroxyl groups excluding tert-OH is 1. The number of H-pyrrole nitrogens is 1. The molecule has 0 radical (unpaired) electrons. The van der Waals surface area contributed by atoms with Crippen LogP contribution < -0.4 is 21.3 Å². The number of hydrogen-bond acceptors (Lipinski definition) is 7. The fraction of sp³-hybridized carbons (Fsp3) is 0.273. The molecule has 1 amide bonds. The number of carbonyl (C=O) groups is 1. The molecule has 0 aliphatic heterocycles. The number of phenolic OH excluding ortho intramolecular Hbond substituents is 1. The van der Waals surface area contributed by atoms with Crippen LogP contribution >= 0.6 is 23.2 Å². The molecule has 1 aliphatic rings. The van der Waals surface area contributed by atoms with Gasteiger partial charge in [0.05, 0.1) is 33.4 Å². The SMILES string of the molecule is O=C(N[C@@H]1CCCC[C@H]1O)c1cc(Oc2c(Cl)cc(-n3ncc(=O)[nH]c3=O)cc2Cl)ccc1O. The summed E-state index contributed by atoms with van der Waals surface area (Å²) in [6.07, 6.45) is 3.34. The fourth-order valence-electron chi connectivity index (χ4n) is 3.71. The Kier molecular flexibility index (Phi) is 6.92. The molecule has 178 valence electrons. The minimum Gasteiger partial charge on any atom is -0.507 e. The number of nitrogens with one attached hydrogen (secondary N) is 2. The van der Waals surface area contributed by atoms with E-state index in [0.29, 0.717) is 12.8 Å². The molecule has 1 saturated carbocycles. The molecule has 1 aromatic heterocycles. The number of halogens is 2. The van der Waals surface area contributed by atoms with Crippen LogP contribution in [0.4, 0.5) is 0 Å². The van der Waals surface area contributed by atoms with E-state index >= 15 is 0 Å². The maximum atomic E-state index is 12.7. The molecular formula is C22H20Cl2N4O6. The van der Waals surface area contributed by atoms with Crippen LogP contribution in [-0.2, 0) is 0 Å². The molecule has 10 nitrogen and oxygen atoms in total. The summed E-state index contributed by atoms with van der Waals surface area (Å²) in [6.45, 7) is 0. The molecule has 0 spiro atoms. The van der Waals surface area contributed by atoms with Crippen molar-refractivity contribution in [1.29, 1.82) is 0 Å². The number of aliphatic hydroxyl groups is 1. The van der Waals surface area contributed by atoms with E-state index in [9.17, 15) is 24.6 Å². The average Bonchev–Trinajstić information content (AvgIpc) is 2.78. The largest absolute Gasteiger partial charge is 0.507 e. The zero-order valence-corrected chi connectivity index (χ0v) is 19.1. The molecule has 1 aliphatic carbocycles. The standard InChI is InChI=1S/C22H20Cl2N4O6/c23-14-7-11(28-22(33)27-19(31)10-25-28)8-15(24)20(14)34-12-5-6-17(29)13(9-12)21(32)26-16-3-1-2-4-18(16)30/h5-10,16,18,29-30H,1-4H2,(H,26,32)(H,27,31,33)/t16-,18-/m1/s1. The molecule has 2 aromatic carbocycles. The number of carbonyl (C=O) groups excluding carboxylic acids is 1. The van der Waals surface area contributed by atoms with Gasteiger partial charge in [0.1, 0.15) is 17.7 Å². The monoisotopic (exact) mass is 506 g/mol. The zero-order chi connectivity index (χ0) is 24.4. The summed E-state index contributed by atoms with van der Waals surface area (Å²) in [5.41, 5.74) is -1.27. The van der Waals surface area contributed by atoms with Gasteiger partial charge in [0.25, 0.3) is 11.5 Å². The van der Waals surface area contributed by atoms with Crippen LogP contribution in [0.5, 0.6) is 17.2 Å². The fourth-order valence-corrected chi connectivity index (χ4v) is 4.26. The normalized spacial score (nSPS) is 17.9. The first-order chi connectivity index (χ1) is 16.2. The molecule has 4 rings (SSSR count). The molecule has 3 aromatic rings. The van der Waals surface area contributed by atoms with E-state index in [1.165, 1.54) is 30.3 Å². The van der Waals surface area contributed by atoms with Gasteiger partial charge in [-0.05, 0) is 43.2 Å². The summed E-state index contributed by atoms with van der Waals surface area (Å²) in [5, 5.41) is 26.9. The van der Waals surface area contributed by atoms with Crippen LogP contribution in [-0.4, -0.2) is 43.0 Å². The zero-order valence-electron chi connectivity index (χ0n) is 17.6. The van der Waals surface area contributed by atoms with Crippen molar-refractivity contribution in [3.63, 3.8) is 0 Å². The van der Waals surface area contributed by atoms with Crippen molar-refractivity contribution in [3.05, 3.63) is 73.0 Å². The van der Waals surface area contributed by atoms with Crippen molar-refractivity contribution in [3.8, 4) is 22.9 Å². The third-order valence-corrected chi connectivity index (χ3v) is 5.98. The van der Waals surface area contributed by atoms with E-state index in [1.54, 1.807) is 0 Å². The lowest BCUT2D eigenvalue weighted by Crippen LogP contribution is -2.45. The van der Waals surface area contributed by atoms with Gasteiger partial charge in [0.15, 0.2) is 5.75 Å². The predicted octanol–water partition coefficient (Wildman–Crippen LogP) is 2.76. The Hall–Kier alpha value is -3.34. The van der Waals surface area contributed by atoms with Crippen molar-refractivity contribution in [1.82, 2.24) is 20.1 Å². The van der Waals surface area contributed by atoms with Gasteiger partial charge in [0.2, 0.25) is 0 Å². The lowest BCUT2D eigenvalue weighted by Gasteiger charge is -2.28. The van der Waals surface area contributed by atoms with Gasteiger partial charge in [-0.3, -0.25) is 14.6 Å². The van der Waals surface area contributed by atoms with Gasteiger partial charge in [-0.25, -0.2) is 4.79 Å². The first-order valence-electron chi connectivity index (χ1n) is 10.4. The molecule has 1 fully saturated rings. The topological polar surface area (TPSA) is 147 Å². The summed E-state index contributed by atoms with van der Waals surface area (Å²) in [4.78, 5) is 38.0. The molecule has 12 heteroatoms. The van der Waals surface area contributed by atoms with Gasteiger partial charge < -0.3 is 20.3 Å². The van der Waals surface area contributed by atoms with E-state index in [4.69, 9.17) is 27.9 Å².